The topological polar surface area (TPSA) is 57.5 Å². The van der Waals surface area contributed by atoms with Crippen LogP contribution in [0.25, 0.3) is 0 Å². The van der Waals surface area contributed by atoms with Gasteiger partial charge >= 0.3 is 0 Å². The van der Waals surface area contributed by atoms with Gasteiger partial charge in [0.05, 0.1) is 6.10 Å². The Morgan fingerprint density at radius 1 is 1.55 bits per heavy atom. The minimum atomic E-state index is -0.826. The molecule has 3 nitrogen and oxygen atoms in total. The Morgan fingerprint density at radius 3 is 2.64 bits per heavy atom. The maximum Gasteiger partial charge on any atom is 0.126 e. The second-order valence-electron chi connectivity index (χ2n) is 1.97. The van der Waals surface area contributed by atoms with E-state index in [0.29, 0.717) is 12.2 Å². The summed E-state index contributed by atoms with van der Waals surface area (Å²) in [6.45, 7) is 0. The van der Waals surface area contributed by atoms with Gasteiger partial charge in [-0.25, -0.2) is 0 Å². The zero-order valence-electron chi connectivity index (χ0n) is 6.01. The largest absolute Gasteiger partial charge is 0.389 e. The number of hydrogen-bond donors (Lipinski definition) is 3. The quantitative estimate of drug-likeness (QED) is 0.241. The van der Waals surface area contributed by atoms with Crippen LogP contribution < -0.4 is 0 Å². The minimum absolute atomic E-state index is 0.231. The van der Waals surface area contributed by atoms with Gasteiger partial charge < -0.3 is 15.0 Å². The SMILES string of the molecule is O=CCCSC(O)C(O)CS. The van der Waals surface area contributed by atoms with E-state index in [1.54, 1.807) is 0 Å². The molecule has 0 aromatic rings. The van der Waals surface area contributed by atoms with Gasteiger partial charge in [-0.2, -0.15) is 12.6 Å². The lowest BCUT2D eigenvalue weighted by molar-refractivity contribution is -0.107. The standard InChI is InChI=1S/C6H12O3S2/c7-2-1-3-11-6(9)5(8)4-10/h2,5-6,8-10H,1,3-4H2. The molecule has 2 atom stereocenters. The van der Waals surface area contributed by atoms with E-state index in [9.17, 15) is 4.79 Å². The lowest BCUT2D eigenvalue weighted by Gasteiger charge is -2.13. The van der Waals surface area contributed by atoms with E-state index >= 15 is 0 Å². The normalized spacial score (nSPS) is 15.9. The molecule has 0 aliphatic heterocycles. The lowest BCUT2D eigenvalue weighted by atomic mass is 10.4. The van der Waals surface area contributed by atoms with Crippen molar-refractivity contribution in [3.8, 4) is 0 Å². The molecule has 0 bridgehead atoms. The third-order valence-electron chi connectivity index (χ3n) is 1.04. The van der Waals surface area contributed by atoms with Crippen LogP contribution in [0.3, 0.4) is 0 Å². The molecule has 0 aliphatic rings. The number of carbonyl (C=O) groups is 1. The second-order valence-corrected chi connectivity index (χ2v) is 3.56. The highest BCUT2D eigenvalue weighted by molar-refractivity contribution is 7.99. The van der Waals surface area contributed by atoms with Crippen LogP contribution in [0.5, 0.6) is 0 Å². The Kier molecular flexibility index (Phi) is 7.15. The summed E-state index contributed by atoms with van der Waals surface area (Å²) in [5.41, 5.74) is -0.826. The summed E-state index contributed by atoms with van der Waals surface area (Å²) in [5.74, 6) is 0.769. The molecule has 5 heteroatoms. The first-order valence-corrected chi connectivity index (χ1v) is 4.92. The molecule has 0 radical (unpaired) electrons. The van der Waals surface area contributed by atoms with Crippen molar-refractivity contribution in [2.24, 2.45) is 0 Å². The fourth-order valence-electron chi connectivity index (χ4n) is 0.438. The lowest BCUT2D eigenvalue weighted by Crippen LogP contribution is -2.24. The van der Waals surface area contributed by atoms with E-state index in [1.807, 2.05) is 0 Å². The van der Waals surface area contributed by atoms with Gasteiger partial charge in [-0.1, -0.05) is 0 Å². The van der Waals surface area contributed by atoms with Gasteiger partial charge in [0.2, 0.25) is 0 Å². The molecule has 0 spiro atoms. The molecular weight excluding hydrogens is 184 g/mol. The summed E-state index contributed by atoms with van der Waals surface area (Å²) in [6, 6.07) is 0. The summed E-state index contributed by atoms with van der Waals surface area (Å²) >= 11 is 4.97. The van der Waals surface area contributed by atoms with E-state index in [1.165, 1.54) is 0 Å². The molecule has 0 rings (SSSR count). The Morgan fingerprint density at radius 2 is 2.18 bits per heavy atom. The summed E-state index contributed by atoms with van der Waals surface area (Å²) in [7, 11) is 0. The van der Waals surface area contributed by atoms with Crippen LogP contribution in [0.4, 0.5) is 0 Å². The number of rotatable bonds is 6. The molecule has 2 N–H and O–H groups in total. The molecule has 0 amide bonds. The van der Waals surface area contributed by atoms with E-state index in [0.717, 1.165) is 18.0 Å². The van der Waals surface area contributed by atoms with Gasteiger partial charge in [0.25, 0.3) is 0 Å². The molecule has 0 aliphatic carbocycles. The van der Waals surface area contributed by atoms with E-state index < -0.39 is 11.5 Å². The molecule has 0 aromatic heterocycles. The third-order valence-corrected chi connectivity index (χ3v) is 2.54. The number of aliphatic hydroxyl groups excluding tert-OH is 2. The van der Waals surface area contributed by atoms with Crippen LogP contribution in [0.2, 0.25) is 0 Å². The van der Waals surface area contributed by atoms with Crippen molar-refractivity contribution in [2.45, 2.75) is 18.0 Å². The van der Waals surface area contributed by atoms with Crippen molar-refractivity contribution < 1.29 is 15.0 Å². The smallest absolute Gasteiger partial charge is 0.126 e. The van der Waals surface area contributed by atoms with Gasteiger partial charge in [-0.3, -0.25) is 0 Å². The highest BCUT2D eigenvalue weighted by atomic mass is 32.2. The minimum Gasteiger partial charge on any atom is -0.389 e. The maximum absolute atomic E-state index is 9.85. The summed E-state index contributed by atoms with van der Waals surface area (Å²) < 4.78 is 0. The molecule has 0 aromatic carbocycles. The first kappa shape index (κ1) is 11.3. The van der Waals surface area contributed by atoms with Crippen LogP contribution in [0.15, 0.2) is 0 Å². The maximum atomic E-state index is 9.85. The van der Waals surface area contributed by atoms with E-state index in [-0.39, 0.29) is 5.75 Å². The monoisotopic (exact) mass is 196 g/mol. The summed E-state index contributed by atoms with van der Waals surface area (Å²) in [6.07, 6.45) is 0.378. The fraction of sp³-hybridized carbons (Fsp3) is 0.833. The Labute approximate surface area is 75.6 Å². The Bertz CT molecular complexity index is 110. The summed E-state index contributed by atoms with van der Waals surface area (Å²) in [5, 5.41) is 18.1. The predicted molar refractivity (Wildman–Crippen MR) is 49.0 cm³/mol. The van der Waals surface area contributed by atoms with Crippen molar-refractivity contribution in [2.75, 3.05) is 11.5 Å². The van der Waals surface area contributed by atoms with Gasteiger partial charge in [-0.05, 0) is 0 Å². The number of hydrogen-bond acceptors (Lipinski definition) is 5. The average molecular weight is 196 g/mol. The zero-order valence-corrected chi connectivity index (χ0v) is 7.72. The number of aliphatic hydroxyl groups is 2. The molecule has 66 valence electrons. The highest BCUT2D eigenvalue weighted by Gasteiger charge is 2.13. The van der Waals surface area contributed by atoms with Gasteiger partial charge in [0.15, 0.2) is 0 Å². The first-order valence-electron chi connectivity index (χ1n) is 3.24. The molecule has 0 heterocycles. The highest BCUT2D eigenvalue weighted by Crippen LogP contribution is 2.13. The number of thioether (sulfide) groups is 1. The van der Waals surface area contributed by atoms with Gasteiger partial charge in [-0.15, -0.1) is 11.8 Å². The van der Waals surface area contributed by atoms with Gasteiger partial charge in [0.1, 0.15) is 11.7 Å². The summed E-state index contributed by atoms with van der Waals surface area (Å²) in [4.78, 5) is 9.85. The molecule has 2 unspecified atom stereocenters. The molecular formula is C6H12O3S2. The van der Waals surface area contributed by atoms with Crippen LogP contribution in [-0.4, -0.2) is 39.5 Å². The van der Waals surface area contributed by atoms with E-state index in [2.05, 4.69) is 12.6 Å². The van der Waals surface area contributed by atoms with Crippen molar-refractivity contribution in [1.82, 2.24) is 0 Å². The zero-order chi connectivity index (χ0) is 8.69. The van der Waals surface area contributed by atoms with Crippen LogP contribution in [0.1, 0.15) is 6.42 Å². The first-order chi connectivity index (χ1) is 5.22. The predicted octanol–water partition coefficient (Wildman–Crippen LogP) is -0.0823. The Hall–Kier alpha value is 0.290. The molecule has 0 fully saturated rings. The average Bonchev–Trinajstić information content (AvgIpc) is 2.03. The number of aldehydes is 1. The molecule has 11 heavy (non-hydrogen) atoms. The van der Waals surface area contributed by atoms with Crippen LogP contribution in [0, 0.1) is 0 Å². The van der Waals surface area contributed by atoms with Crippen molar-refractivity contribution in [1.29, 1.82) is 0 Å². The van der Waals surface area contributed by atoms with Crippen molar-refractivity contribution >= 4 is 30.7 Å². The Balaban J connectivity index is 3.34. The second kappa shape index (κ2) is 6.97. The van der Waals surface area contributed by atoms with Crippen molar-refractivity contribution in [3.63, 3.8) is 0 Å². The van der Waals surface area contributed by atoms with Crippen LogP contribution >= 0.6 is 24.4 Å². The number of thiol groups is 1. The van der Waals surface area contributed by atoms with E-state index in [4.69, 9.17) is 10.2 Å². The fourth-order valence-corrected chi connectivity index (χ4v) is 1.57. The number of carbonyl (C=O) groups excluding carboxylic acids is 1. The van der Waals surface area contributed by atoms with Gasteiger partial charge in [0, 0.05) is 17.9 Å². The van der Waals surface area contributed by atoms with Crippen LogP contribution in [-0.2, 0) is 4.79 Å². The molecule has 0 saturated carbocycles. The third kappa shape index (κ3) is 5.55. The van der Waals surface area contributed by atoms with Crippen molar-refractivity contribution in [3.05, 3.63) is 0 Å². The molecule has 0 saturated heterocycles.